The van der Waals surface area contributed by atoms with Crippen LogP contribution in [0.3, 0.4) is 0 Å². The van der Waals surface area contributed by atoms with Gasteiger partial charge in [0.1, 0.15) is 5.82 Å². The van der Waals surface area contributed by atoms with Gasteiger partial charge in [-0.1, -0.05) is 12.1 Å². The molecule has 0 radical (unpaired) electrons. The Balaban J connectivity index is 2.52. The Bertz CT molecular complexity index is 301. The van der Waals surface area contributed by atoms with Gasteiger partial charge in [-0.15, -0.1) is 11.8 Å². The van der Waals surface area contributed by atoms with E-state index in [2.05, 4.69) is 0 Å². The van der Waals surface area contributed by atoms with Crippen LogP contribution in [0.4, 0.5) is 4.39 Å². The Kier molecular flexibility index (Phi) is 2.07. The lowest BCUT2D eigenvalue weighted by molar-refractivity contribution is 0.169. The second-order valence-electron chi connectivity index (χ2n) is 2.81. The van der Waals surface area contributed by atoms with Crippen LogP contribution in [-0.4, -0.2) is 10.9 Å². The molecule has 0 saturated heterocycles. The smallest absolute Gasteiger partial charge is 0.137 e. The summed E-state index contributed by atoms with van der Waals surface area (Å²) < 4.78 is 13.1. The van der Waals surface area contributed by atoms with Gasteiger partial charge in [0.15, 0.2) is 0 Å². The van der Waals surface area contributed by atoms with Crippen molar-refractivity contribution in [3.63, 3.8) is 0 Å². The molecule has 0 bridgehead atoms. The molecule has 0 aromatic heterocycles. The van der Waals surface area contributed by atoms with Gasteiger partial charge in [0.2, 0.25) is 0 Å². The highest BCUT2D eigenvalue weighted by atomic mass is 32.2. The molecule has 1 aromatic carbocycles. The lowest BCUT2D eigenvalue weighted by Crippen LogP contribution is -2.07. The maximum atomic E-state index is 13.1. The van der Waals surface area contributed by atoms with Crippen molar-refractivity contribution in [2.45, 2.75) is 17.4 Å². The van der Waals surface area contributed by atoms with Gasteiger partial charge < -0.3 is 5.11 Å². The highest BCUT2D eigenvalue weighted by molar-refractivity contribution is 7.99. The van der Waals surface area contributed by atoms with E-state index in [1.165, 1.54) is 17.8 Å². The third-order valence-electron chi connectivity index (χ3n) is 1.99. The average molecular weight is 184 g/mol. The van der Waals surface area contributed by atoms with E-state index in [-0.39, 0.29) is 5.82 Å². The Labute approximate surface area is 74.6 Å². The zero-order valence-corrected chi connectivity index (χ0v) is 7.27. The Morgan fingerprint density at radius 1 is 1.50 bits per heavy atom. The van der Waals surface area contributed by atoms with Gasteiger partial charge in [0.05, 0.1) is 6.10 Å². The number of hydrogen-bond acceptors (Lipinski definition) is 2. The number of halogens is 1. The van der Waals surface area contributed by atoms with Crippen LogP contribution in [0.1, 0.15) is 18.1 Å². The highest BCUT2D eigenvalue weighted by Crippen LogP contribution is 2.37. The van der Waals surface area contributed by atoms with Crippen molar-refractivity contribution in [1.82, 2.24) is 0 Å². The summed E-state index contributed by atoms with van der Waals surface area (Å²) in [4.78, 5) is 0.622. The van der Waals surface area contributed by atoms with Gasteiger partial charge in [0.25, 0.3) is 0 Å². The largest absolute Gasteiger partial charge is 0.388 e. The number of thioether (sulfide) groups is 1. The summed E-state index contributed by atoms with van der Waals surface area (Å²) in [5.41, 5.74) is 0.742. The molecule has 1 heterocycles. The van der Waals surface area contributed by atoms with Crippen LogP contribution in [-0.2, 0) is 0 Å². The summed E-state index contributed by atoms with van der Waals surface area (Å²) in [6.07, 6.45) is 0.248. The lowest BCUT2D eigenvalue weighted by atomic mass is 10.1. The highest BCUT2D eigenvalue weighted by Gasteiger charge is 2.20. The molecule has 0 spiro atoms. The predicted octanol–water partition coefficient (Wildman–Crippen LogP) is 2.35. The van der Waals surface area contributed by atoms with E-state index >= 15 is 0 Å². The molecule has 1 unspecified atom stereocenters. The van der Waals surface area contributed by atoms with Crippen LogP contribution in [0.5, 0.6) is 0 Å². The Hall–Kier alpha value is -0.540. The van der Waals surface area contributed by atoms with Gasteiger partial charge in [0, 0.05) is 10.6 Å². The van der Waals surface area contributed by atoms with Gasteiger partial charge in [-0.05, 0) is 18.1 Å². The minimum Gasteiger partial charge on any atom is -0.388 e. The summed E-state index contributed by atoms with van der Waals surface area (Å²) in [6.45, 7) is 0. The van der Waals surface area contributed by atoms with Gasteiger partial charge in [-0.3, -0.25) is 0 Å². The fraction of sp³-hybridized carbons (Fsp3) is 0.333. The molecule has 64 valence electrons. The first-order valence-corrected chi connectivity index (χ1v) is 4.87. The van der Waals surface area contributed by atoms with Crippen LogP contribution in [0, 0.1) is 5.82 Å². The maximum Gasteiger partial charge on any atom is 0.137 e. The monoisotopic (exact) mass is 184 g/mol. The minimum atomic E-state index is -0.475. The van der Waals surface area contributed by atoms with Crippen molar-refractivity contribution in [3.05, 3.63) is 29.6 Å². The minimum absolute atomic E-state index is 0.212. The second kappa shape index (κ2) is 3.07. The van der Waals surface area contributed by atoms with Crippen molar-refractivity contribution in [2.75, 3.05) is 5.75 Å². The van der Waals surface area contributed by atoms with Crippen LogP contribution in [0.15, 0.2) is 23.1 Å². The third kappa shape index (κ3) is 1.23. The van der Waals surface area contributed by atoms with Crippen molar-refractivity contribution < 1.29 is 9.50 Å². The van der Waals surface area contributed by atoms with Crippen molar-refractivity contribution in [1.29, 1.82) is 0 Å². The Morgan fingerprint density at radius 2 is 2.33 bits per heavy atom. The molecule has 3 heteroatoms. The topological polar surface area (TPSA) is 20.2 Å². The zero-order valence-electron chi connectivity index (χ0n) is 6.46. The SMILES string of the molecule is OC1CCSc2c(F)cccc21. The van der Waals surface area contributed by atoms with Crippen LogP contribution < -0.4 is 0 Å². The number of aliphatic hydroxyl groups excluding tert-OH is 1. The van der Waals surface area contributed by atoms with E-state index in [9.17, 15) is 9.50 Å². The number of rotatable bonds is 0. The van der Waals surface area contributed by atoms with Crippen molar-refractivity contribution >= 4 is 11.8 Å². The van der Waals surface area contributed by atoms with Crippen LogP contribution in [0.25, 0.3) is 0 Å². The molecule has 0 fully saturated rings. The summed E-state index contributed by atoms with van der Waals surface area (Å²) in [5, 5.41) is 9.51. The van der Waals surface area contributed by atoms with Crippen molar-refractivity contribution in [2.24, 2.45) is 0 Å². The van der Waals surface area contributed by atoms with Crippen molar-refractivity contribution in [3.8, 4) is 0 Å². The third-order valence-corrected chi connectivity index (χ3v) is 3.15. The van der Waals surface area contributed by atoms with Crippen LogP contribution in [0.2, 0.25) is 0 Å². The predicted molar refractivity (Wildman–Crippen MR) is 46.7 cm³/mol. The summed E-state index contributed by atoms with van der Waals surface area (Å²) in [5.74, 6) is 0.589. The van der Waals surface area contributed by atoms with Gasteiger partial charge >= 0.3 is 0 Å². The first-order valence-electron chi connectivity index (χ1n) is 3.88. The van der Waals surface area contributed by atoms with E-state index < -0.39 is 6.10 Å². The quantitative estimate of drug-likeness (QED) is 0.668. The van der Waals surface area contributed by atoms with E-state index in [0.717, 1.165) is 17.7 Å². The number of fused-ring (bicyclic) bond motifs is 1. The molecule has 1 atom stereocenters. The average Bonchev–Trinajstić information content (AvgIpc) is 2.07. The molecule has 0 saturated carbocycles. The summed E-state index contributed by atoms with van der Waals surface area (Å²) >= 11 is 1.48. The molecule has 1 aliphatic heterocycles. The first kappa shape index (κ1) is 8.08. The van der Waals surface area contributed by atoms with E-state index in [4.69, 9.17) is 0 Å². The molecule has 1 nitrogen and oxygen atoms in total. The first-order chi connectivity index (χ1) is 5.79. The molecular formula is C9H9FOS. The molecule has 0 amide bonds. The van der Waals surface area contributed by atoms with Gasteiger partial charge in [-0.2, -0.15) is 0 Å². The fourth-order valence-corrected chi connectivity index (χ4v) is 2.49. The van der Waals surface area contributed by atoms with Crippen LogP contribution >= 0.6 is 11.8 Å². The van der Waals surface area contributed by atoms with E-state index in [1.54, 1.807) is 12.1 Å². The lowest BCUT2D eigenvalue weighted by Gasteiger charge is -2.20. The molecular weight excluding hydrogens is 175 g/mol. The fourth-order valence-electron chi connectivity index (χ4n) is 1.37. The second-order valence-corrected chi connectivity index (χ2v) is 3.92. The number of benzene rings is 1. The Morgan fingerprint density at radius 3 is 3.08 bits per heavy atom. The molecule has 0 aliphatic carbocycles. The summed E-state index contributed by atoms with van der Waals surface area (Å²) in [7, 11) is 0. The van der Waals surface area contributed by atoms with Gasteiger partial charge in [-0.25, -0.2) is 4.39 Å². The summed E-state index contributed by atoms with van der Waals surface area (Å²) in [6, 6.07) is 4.86. The molecule has 12 heavy (non-hydrogen) atoms. The molecule has 2 rings (SSSR count). The molecule has 1 aromatic rings. The molecule has 1 aliphatic rings. The standard InChI is InChI=1S/C9H9FOS/c10-7-3-1-2-6-8(11)4-5-12-9(6)7/h1-3,8,11H,4-5H2. The maximum absolute atomic E-state index is 13.1. The van der Waals surface area contributed by atoms with E-state index in [1.807, 2.05) is 0 Å². The van der Waals surface area contributed by atoms with E-state index in [0.29, 0.717) is 4.90 Å². The number of hydrogen-bond donors (Lipinski definition) is 1. The number of aliphatic hydroxyl groups is 1. The normalized spacial score (nSPS) is 22.0. The zero-order chi connectivity index (χ0) is 8.55. The molecule has 1 N–H and O–H groups in total.